The highest BCUT2D eigenvalue weighted by Crippen LogP contribution is 2.24. The fourth-order valence-electron chi connectivity index (χ4n) is 1.52. The molecule has 100 valence electrons. The second-order valence-electron chi connectivity index (χ2n) is 4.38. The number of nitrogens with two attached hydrogens (primary N) is 1. The fraction of sp³-hybridized carbons (Fsp3) is 0.500. The molecule has 0 aromatic heterocycles. The molecule has 0 spiro atoms. The highest BCUT2D eigenvalue weighted by atomic mass is 32.2. The van der Waals surface area contributed by atoms with E-state index in [-0.39, 0.29) is 17.2 Å². The lowest BCUT2D eigenvalue weighted by Crippen LogP contribution is -2.35. The molecule has 2 unspecified atom stereocenters. The van der Waals surface area contributed by atoms with E-state index >= 15 is 0 Å². The molecular formula is C14H22N2OS. The van der Waals surface area contributed by atoms with Crippen LogP contribution in [-0.2, 0) is 4.79 Å². The van der Waals surface area contributed by atoms with Crippen molar-refractivity contribution >= 4 is 17.7 Å². The molecule has 1 aromatic carbocycles. The number of carbonyl (C=O) groups excluding carboxylic acids is 1. The van der Waals surface area contributed by atoms with Crippen molar-refractivity contribution in [3.63, 3.8) is 0 Å². The number of hydrogen-bond donors (Lipinski definition) is 2. The molecule has 0 saturated carbocycles. The molecule has 0 fully saturated rings. The maximum absolute atomic E-state index is 12.0. The zero-order valence-corrected chi connectivity index (χ0v) is 11.9. The fourth-order valence-corrected chi connectivity index (χ4v) is 2.52. The summed E-state index contributed by atoms with van der Waals surface area (Å²) in [7, 11) is 0. The predicted molar refractivity (Wildman–Crippen MR) is 77.7 cm³/mol. The lowest BCUT2D eigenvalue weighted by molar-refractivity contribution is -0.120. The first-order chi connectivity index (χ1) is 8.63. The molecule has 1 rings (SSSR count). The van der Waals surface area contributed by atoms with Crippen LogP contribution in [-0.4, -0.2) is 23.7 Å². The van der Waals surface area contributed by atoms with E-state index in [0.29, 0.717) is 6.54 Å². The molecule has 0 aliphatic heterocycles. The van der Waals surface area contributed by atoms with Crippen LogP contribution < -0.4 is 11.1 Å². The van der Waals surface area contributed by atoms with Crippen LogP contribution in [0.15, 0.2) is 35.2 Å². The second-order valence-corrected chi connectivity index (χ2v) is 5.66. The first-order valence-corrected chi connectivity index (χ1v) is 7.26. The standard InChI is InChI=1S/C14H22N2OS/c1-3-13(14(17)16-10-9-11(2)15)18-12-7-5-4-6-8-12/h4-8,11,13H,3,9-10,15H2,1-2H3,(H,16,17). The summed E-state index contributed by atoms with van der Waals surface area (Å²) in [5.41, 5.74) is 5.65. The van der Waals surface area contributed by atoms with E-state index < -0.39 is 0 Å². The van der Waals surface area contributed by atoms with Gasteiger partial charge in [0.1, 0.15) is 0 Å². The van der Waals surface area contributed by atoms with Crippen LogP contribution in [0.2, 0.25) is 0 Å². The van der Waals surface area contributed by atoms with Crippen LogP contribution in [0.5, 0.6) is 0 Å². The molecule has 0 heterocycles. The van der Waals surface area contributed by atoms with E-state index in [2.05, 4.69) is 5.32 Å². The quantitative estimate of drug-likeness (QED) is 0.745. The molecule has 3 nitrogen and oxygen atoms in total. The van der Waals surface area contributed by atoms with Gasteiger partial charge in [0.2, 0.25) is 5.91 Å². The van der Waals surface area contributed by atoms with Crippen molar-refractivity contribution in [3.8, 4) is 0 Å². The normalized spacial score (nSPS) is 13.9. The van der Waals surface area contributed by atoms with Gasteiger partial charge in [0.15, 0.2) is 0 Å². The van der Waals surface area contributed by atoms with Gasteiger partial charge in [0.25, 0.3) is 0 Å². The monoisotopic (exact) mass is 266 g/mol. The molecule has 2 atom stereocenters. The maximum Gasteiger partial charge on any atom is 0.233 e. The van der Waals surface area contributed by atoms with E-state index in [1.165, 1.54) is 0 Å². The van der Waals surface area contributed by atoms with Gasteiger partial charge >= 0.3 is 0 Å². The van der Waals surface area contributed by atoms with Gasteiger partial charge in [0.05, 0.1) is 5.25 Å². The Labute approximate surface area is 114 Å². The smallest absolute Gasteiger partial charge is 0.233 e. The second kappa shape index (κ2) is 8.16. The summed E-state index contributed by atoms with van der Waals surface area (Å²) in [5, 5.41) is 2.92. The molecule has 4 heteroatoms. The molecule has 0 saturated heterocycles. The molecule has 3 N–H and O–H groups in total. The summed E-state index contributed by atoms with van der Waals surface area (Å²) in [6.07, 6.45) is 1.64. The zero-order valence-electron chi connectivity index (χ0n) is 11.1. The van der Waals surface area contributed by atoms with E-state index in [4.69, 9.17) is 5.73 Å². The van der Waals surface area contributed by atoms with Gasteiger partial charge in [0, 0.05) is 17.5 Å². The minimum Gasteiger partial charge on any atom is -0.355 e. The molecular weight excluding hydrogens is 244 g/mol. The van der Waals surface area contributed by atoms with Crippen molar-refractivity contribution in [3.05, 3.63) is 30.3 Å². The zero-order chi connectivity index (χ0) is 13.4. The number of rotatable bonds is 7. The Morgan fingerprint density at radius 1 is 1.39 bits per heavy atom. The van der Waals surface area contributed by atoms with E-state index in [1.807, 2.05) is 44.2 Å². The van der Waals surface area contributed by atoms with Crippen LogP contribution in [0.3, 0.4) is 0 Å². The average molecular weight is 266 g/mol. The van der Waals surface area contributed by atoms with Crippen LogP contribution in [0.1, 0.15) is 26.7 Å². The van der Waals surface area contributed by atoms with Gasteiger partial charge in [-0.15, -0.1) is 11.8 Å². The SMILES string of the molecule is CCC(Sc1ccccc1)C(=O)NCCC(C)N. The third-order valence-corrected chi connectivity index (χ3v) is 3.96. The highest BCUT2D eigenvalue weighted by molar-refractivity contribution is 8.00. The Balaban J connectivity index is 2.43. The van der Waals surface area contributed by atoms with Gasteiger partial charge in [-0.1, -0.05) is 25.1 Å². The average Bonchev–Trinajstić information content (AvgIpc) is 2.36. The number of thioether (sulfide) groups is 1. The van der Waals surface area contributed by atoms with Crippen molar-refractivity contribution in [1.29, 1.82) is 0 Å². The molecule has 1 aromatic rings. The molecule has 0 aliphatic rings. The maximum atomic E-state index is 12.0. The summed E-state index contributed by atoms with van der Waals surface area (Å²) >= 11 is 1.61. The lowest BCUT2D eigenvalue weighted by atomic mass is 10.2. The first-order valence-electron chi connectivity index (χ1n) is 6.38. The minimum absolute atomic E-state index is 0.0273. The Morgan fingerprint density at radius 3 is 2.61 bits per heavy atom. The van der Waals surface area contributed by atoms with E-state index in [0.717, 1.165) is 17.7 Å². The van der Waals surface area contributed by atoms with Crippen molar-refractivity contribution in [2.75, 3.05) is 6.54 Å². The Hall–Kier alpha value is -1.00. The van der Waals surface area contributed by atoms with Crippen molar-refractivity contribution in [2.45, 2.75) is 42.9 Å². The number of hydrogen-bond acceptors (Lipinski definition) is 3. The van der Waals surface area contributed by atoms with Crippen LogP contribution in [0.25, 0.3) is 0 Å². The number of benzene rings is 1. The first kappa shape index (κ1) is 15.1. The minimum atomic E-state index is -0.0273. The van der Waals surface area contributed by atoms with Gasteiger partial charge in [-0.3, -0.25) is 4.79 Å². The Kier molecular flexibility index (Phi) is 6.83. The molecule has 0 aliphatic carbocycles. The number of carbonyl (C=O) groups is 1. The van der Waals surface area contributed by atoms with Crippen LogP contribution >= 0.6 is 11.8 Å². The summed E-state index contributed by atoms with van der Waals surface area (Å²) in [6.45, 7) is 4.64. The van der Waals surface area contributed by atoms with Crippen molar-refractivity contribution in [2.24, 2.45) is 5.73 Å². The molecule has 18 heavy (non-hydrogen) atoms. The largest absolute Gasteiger partial charge is 0.355 e. The molecule has 1 amide bonds. The molecule has 0 radical (unpaired) electrons. The van der Waals surface area contributed by atoms with Crippen LogP contribution in [0.4, 0.5) is 0 Å². The summed E-state index contributed by atoms with van der Waals surface area (Å²) in [5.74, 6) is 0.104. The molecule has 0 bridgehead atoms. The van der Waals surface area contributed by atoms with Gasteiger partial charge in [-0.05, 0) is 31.9 Å². The van der Waals surface area contributed by atoms with Gasteiger partial charge in [-0.25, -0.2) is 0 Å². The summed E-state index contributed by atoms with van der Waals surface area (Å²) in [4.78, 5) is 13.1. The third kappa shape index (κ3) is 5.56. The van der Waals surface area contributed by atoms with E-state index in [9.17, 15) is 4.79 Å². The Bertz CT molecular complexity index is 354. The third-order valence-electron chi connectivity index (χ3n) is 2.58. The topological polar surface area (TPSA) is 55.1 Å². The number of amides is 1. The van der Waals surface area contributed by atoms with Crippen LogP contribution in [0, 0.1) is 0 Å². The van der Waals surface area contributed by atoms with Gasteiger partial charge < -0.3 is 11.1 Å². The lowest BCUT2D eigenvalue weighted by Gasteiger charge is -2.15. The summed E-state index contributed by atoms with van der Waals surface area (Å²) in [6, 6.07) is 10.2. The Morgan fingerprint density at radius 2 is 2.06 bits per heavy atom. The van der Waals surface area contributed by atoms with E-state index in [1.54, 1.807) is 11.8 Å². The van der Waals surface area contributed by atoms with Crippen molar-refractivity contribution < 1.29 is 4.79 Å². The van der Waals surface area contributed by atoms with Crippen molar-refractivity contribution in [1.82, 2.24) is 5.32 Å². The predicted octanol–water partition coefficient (Wildman–Crippen LogP) is 2.41. The summed E-state index contributed by atoms with van der Waals surface area (Å²) < 4.78 is 0. The number of nitrogens with one attached hydrogen (secondary N) is 1. The highest BCUT2D eigenvalue weighted by Gasteiger charge is 2.17. The van der Waals surface area contributed by atoms with Gasteiger partial charge in [-0.2, -0.15) is 0 Å².